The van der Waals surface area contributed by atoms with Crippen LogP contribution < -0.4 is 9.80 Å². The molecule has 240 valence electrons. The van der Waals surface area contributed by atoms with E-state index in [4.69, 9.17) is 0 Å². The lowest BCUT2D eigenvalue weighted by Crippen LogP contribution is -2.14. The first-order valence-corrected chi connectivity index (χ1v) is 17.1. The molecular formula is C47H42N2. The SMILES string of the molecule is Cc1ccc(N(c2ccc(C)cc2)c2cc(-c3ccccc3Cc3ccccc3)cc(N(c3ccc(C)cc3)c3ccc(C)cc3)c2)cc1. The minimum absolute atomic E-state index is 0.857. The van der Waals surface area contributed by atoms with Crippen LogP contribution >= 0.6 is 0 Å². The first-order chi connectivity index (χ1) is 23.9. The highest BCUT2D eigenvalue weighted by Crippen LogP contribution is 2.44. The van der Waals surface area contributed by atoms with Crippen molar-refractivity contribution in [2.45, 2.75) is 34.1 Å². The van der Waals surface area contributed by atoms with Crippen LogP contribution in [-0.2, 0) is 6.42 Å². The van der Waals surface area contributed by atoms with Crippen molar-refractivity contribution in [3.63, 3.8) is 0 Å². The topological polar surface area (TPSA) is 6.48 Å². The summed E-state index contributed by atoms with van der Waals surface area (Å²) >= 11 is 0. The molecule has 7 rings (SSSR count). The van der Waals surface area contributed by atoms with E-state index in [1.807, 2.05) is 0 Å². The minimum Gasteiger partial charge on any atom is -0.310 e. The summed E-state index contributed by atoms with van der Waals surface area (Å²) in [5, 5.41) is 0. The predicted molar refractivity (Wildman–Crippen MR) is 209 cm³/mol. The van der Waals surface area contributed by atoms with Crippen LogP contribution in [-0.4, -0.2) is 0 Å². The van der Waals surface area contributed by atoms with Gasteiger partial charge in [0, 0.05) is 34.1 Å². The molecule has 0 bridgehead atoms. The third-order valence-corrected chi connectivity index (χ3v) is 9.15. The van der Waals surface area contributed by atoms with Crippen molar-refractivity contribution < 1.29 is 0 Å². The van der Waals surface area contributed by atoms with Gasteiger partial charge in [-0.3, -0.25) is 0 Å². The fourth-order valence-corrected chi connectivity index (χ4v) is 6.45. The van der Waals surface area contributed by atoms with Crippen molar-refractivity contribution in [2.24, 2.45) is 0 Å². The number of aryl methyl sites for hydroxylation is 4. The standard InChI is InChI=1S/C47H42N2/c1-34-14-22-41(23-15-34)48(42-24-16-35(2)17-25-42)45-31-40(47-13-9-8-12-39(47)30-38-10-6-5-7-11-38)32-46(33-45)49(43-26-18-36(3)19-27-43)44-28-20-37(4)21-29-44/h5-29,31-33H,30H2,1-4H3. The van der Waals surface area contributed by atoms with Gasteiger partial charge in [0.1, 0.15) is 0 Å². The molecule has 0 amide bonds. The van der Waals surface area contributed by atoms with E-state index in [1.54, 1.807) is 0 Å². The molecule has 0 aliphatic carbocycles. The molecule has 0 unspecified atom stereocenters. The number of hydrogen-bond acceptors (Lipinski definition) is 2. The van der Waals surface area contributed by atoms with Gasteiger partial charge in [-0.2, -0.15) is 0 Å². The largest absolute Gasteiger partial charge is 0.310 e. The van der Waals surface area contributed by atoms with Gasteiger partial charge >= 0.3 is 0 Å². The summed E-state index contributed by atoms with van der Waals surface area (Å²) in [6.45, 7) is 8.57. The summed E-state index contributed by atoms with van der Waals surface area (Å²) in [4.78, 5) is 4.77. The summed E-state index contributed by atoms with van der Waals surface area (Å²) in [5.74, 6) is 0. The maximum absolute atomic E-state index is 2.38. The van der Waals surface area contributed by atoms with Crippen molar-refractivity contribution in [1.29, 1.82) is 0 Å². The van der Waals surface area contributed by atoms with Crippen molar-refractivity contribution in [3.8, 4) is 11.1 Å². The third-order valence-electron chi connectivity index (χ3n) is 9.15. The molecule has 0 heterocycles. The van der Waals surface area contributed by atoms with E-state index < -0.39 is 0 Å². The van der Waals surface area contributed by atoms with Crippen LogP contribution in [0, 0.1) is 27.7 Å². The van der Waals surface area contributed by atoms with Gasteiger partial charge in [0.15, 0.2) is 0 Å². The molecule has 0 spiro atoms. The molecule has 0 aliphatic rings. The van der Waals surface area contributed by atoms with Gasteiger partial charge in [-0.1, -0.05) is 125 Å². The molecule has 0 radical (unpaired) electrons. The van der Waals surface area contributed by atoms with Gasteiger partial charge < -0.3 is 9.80 Å². The van der Waals surface area contributed by atoms with Crippen molar-refractivity contribution in [2.75, 3.05) is 9.80 Å². The number of anilines is 6. The maximum atomic E-state index is 2.38. The summed E-state index contributed by atoms with van der Waals surface area (Å²) in [6, 6.07) is 62.0. The highest BCUT2D eigenvalue weighted by atomic mass is 15.2. The highest BCUT2D eigenvalue weighted by Gasteiger charge is 2.20. The number of hydrogen-bond donors (Lipinski definition) is 0. The average Bonchev–Trinajstić information content (AvgIpc) is 3.12. The van der Waals surface area contributed by atoms with Crippen LogP contribution in [0.2, 0.25) is 0 Å². The lowest BCUT2D eigenvalue weighted by molar-refractivity contribution is 1.19. The van der Waals surface area contributed by atoms with Gasteiger partial charge in [-0.15, -0.1) is 0 Å². The smallest absolute Gasteiger partial charge is 0.0488 e. The monoisotopic (exact) mass is 634 g/mol. The number of rotatable bonds is 9. The molecule has 49 heavy (non-hydrogen) atoms. The Morgan fingerprint density at radius 2 is 0.714 bits per heavy atom. The van der Waals surface area contributed by atoms with Gasteiger partial charge in [-0.25, -0.2) is 0 Å². The minimum atomic E-state index is 0.857. The molecule has 7 aromatic carbocycles. The van der Waals surface area contributed by atoms with E-state index in [0.717, 1.165) is 40.5 Å². The Labute approximate surface area is 291 Å². The van der Waals surface area contributed by atoms with E-state index in [2.05, 4.69) is 207 Å². The van der Waals surface area contributed by atoms with Crippen molar-refractivity contribution in [1.82, 2.24) is 0 Å². The second-order valence-electron chi connectivity index (χ2n) is 13.1. The summed E-state index contributed by atoms with van der Waals surface area (Å²) in [6.07, 6.45) is 0.857. The maximum Gasteiger partial charge on any atom is 0.0488 e. The summed E-state index contributed by atoms with van der Waals surface area (Å²) in [5.41, 5.74) is 16.6. The zero-order chi connectivity index (χ0) is 33.7. The van der Waals surface area contributed by atoms with E-state index in [0.29, 0.717) is 0 Å². The Kier molecular flexibility index (Phi) is 9.12. The first kappa shape index (κ1) is 31.7. The zero-order valence-corrected chi connectivity index (χ0v) is 28.8. The normalized spacial score (nSPS) is 10.9. The van der Waals surface area contributed by atoms with Gasteiger partial charge in [0.05, 0.1) is 0 Å². The number of nitrogens with zero attached hydrogens (tertiary/aromatic N) is 2. The lowest BCUT2D eigenvalue weighted by Gasteiger charge is -2.31. The second kappa shape index (κ2) is 14.1. The average molecular weight is 635 g/mol. The first-order valence-electron chi connectivity index (χ1n) is 17.1. The lowest BCUT2D eigenvalue weighted by atomic mass is 9.94. The molecule has 0 aliphatic heterocycles. The Bertz CT molecular complexity index is 1940. The molecular weight excluding hydrogens is 593 g/mol. The molecule has 7 aromatic rings. The van der Waals surface area contributed by atoms with Gasteiger partial charge in [0.25, 0.3) is 0 Å². The van der Waals surface area contributed by atoms with Crippen LogP contribution in [0.1, 0.15) is 33.4 Å². The molecule has 0 saturated heterocycles. The van der Waals surface area contributed by atoms with E-state index in [9.17, 15) is 0 Å². The van der Waals surface area contributed by atoms with E-state index in [1.165, 1.54) is 44.5 Å². The van der Waals surface area contributed by atoms with Crippen LogP contribution in [0.3, 0.4) is 0 Å². The molecule has 0 N–H and O–H groups in total. The Balaban J connectivity index is 1.49. The molecule has 0 saturated carbocycles. The molecule has 0 aromatic heterocycles. The highest BCUT2D eigenvalue weighted by molar-refractivity contribution is 5.88. The summed E-state index contributed by atoms with van der Waals surface area (Å²) < 4.78 is 0. The fourth-order valence-electron chi connectivity index (χ4n) is 6.45. The predicted octanol–water partition coefficient (Wildman–Crippen LogP) is 13.1. The van der Waals surface area contributed by atoms with E-state index >= 15 is 0 Å². The van der Waals surface area contributed by atoms with Gasteiger partial charge in [-0.05, 0) is 123 Å². The summed E-state index contributed by atoms with van der Waals surface area (Å²) in [7, 11) is 0. The molecule has 0 atom stereocenters. The van der Waals surface area contributed by atoms with Gasteiger partial charge in [0.2, 0.25) is 0 Å². The fraction of sp³-hybridized carbons (Fsp3) is 0.106. The van der Waals surface area contributed by atoms with Crippen LogP contribution in [0.15, 0.2) is 170 Å². The molecule has 2 nitrogen and oxygen atoms in total. The number of benzene rings is 7. The van der Waals surface area contributed by atoms with Crippen molar-refractivity contribution in [3.05, 3.63) is 203 Å². The molecule has 2 heteroatoms. The third kappa shape index (κ3) is 7.20. The van der Waals surface area contributed by atoms with Crippen LogP contribution in [0.25, 0.3) is 11.1 Å². The zero-order valence-electron chi connectivity index (χ0n) is 28.8. The van der Waals surface area contributed by atoms with Crippen LogP contribution in [0.4, 0.5) is 34.1 Å². The Morgan fingerprint density at radius 1 is 0.347 bits per heavy atom. The Morgan fingerprint density at radius 3 is 1.12 bits per heavy atom. The Hall–Kier alpha value is -5.86. The van der Waals surface area contributed by atoms with E-state index in [-0.39, 0.29) is 0 Å². The molecule has 0 fully saturated rings. The van der Waals surface area contributed by atoms with Crippen LogP contribution in [0.5, 0.6) is 0 Å². The second-order valence-corrected chi connectivity index (χ2v) is 13.1. The van der Waals surface area contributed by atoms with Crippen molar-refractivity contribution >= 4 is 34.1 Å². The quantitative estimate of drug-likeness (QED) is 0.156.